The van der Waals surface area contributed by atoms with Crippen LogP contribution in [0.25, 0.3) is 0 Å². The Hall–Kier alpha value is -2.12. The molecule has 3 aromatic rings. The summed E-state index contributed by atoms with van der Waals surface area (Å²) in [5.41, 5.74) is 8.75. The van der Waals surface area contributed by atoms with Gasteiger partial charge < -0.3 is 0 Å². The zero-order chi connectivity index (χ0) is 24.6. The molecule has 0 aliphatic rings. The van der Waals surface area contributed by atoms with Crippen LogP contribution >= 0.6 is 0 Å². The fourth-order valence-corrected chi connectivity index (χ4v) is 7.58. The SMILES string of the molecule is CCc1cc(CC)cc([Si](c2cc(C)cc(C)c2)c2cc(C(C)(C)C)cc(C(C)(C)C)c2)c1. The number of rotatable bonds is 5. The van der Waals surface area contributed by atoms with Crippen LogP contribution < -0.4 is 15.6 Å². The minimum absolute atomic E-state index is 0.116. The van der Waals surface area contributed by atoms with E-state index in [0.717, 1.165) is 12.8 Å². The van der Waals surface area contributed by atoms with Gasteiger partial charge in [-0.3, -0.25) is 0 Å². The Kier molecular flexibility index (Phi) is 7.44. The molecule has 0 N–H and O–H groups in total. The molecule has 0 spiro atoms. The molecule has 0 bridgehead atoms. The molecule has 0 heterocycles. The van der Waals surface area contributed by atoms with Crippen molar-refractivity contribution >= 4 is 24.4 Å². The van der Waals surface area contributed by atoms with Gasteiger partial charge in [0.25, 0.3) is 0 Å². The molecule has 0 saturated carbocycles. The first-order valence-electron chi connectivity index (χ1n) is 12.6. The predicted molar refractivity (Wildman–Crippen MR) is 150 cm³/mol. The minimum Gasteiger partial charge on any atom is -0.0613 e. The van der Waals surface area contributed by atoms with Crippen LogP contribution in [0.2, 0.25) is 0 Å². The minimum atomic E-state index is -1.15. The summed E-state index contributed by atoms with van der Waals surface area (Å²) in [6.45, 7) is 23.1. The second kappa shape index (κ2) is 9.62. The van der Waals surface area contributed by atoms with Crippen molar-refractivity contribution in [3.63, 3.8) is 0 Å². The van der Waals surface area contributed by atoms with E-state index in [1.807, 2.05) is 0 Å². The molecule has 0 aliphatic carbocycles. The van der Waals surface area contributed by atoms with E-state index in [9.17, 15) is 0 Å². The van der Waals surface area contributed by atoms with Crippen molar-refractivity contribution in [3.05, 3.63) is 88.0 Å². The first-order valence-corrected chi connectivity index (χ1v) is 14.1. The Balaban J connectivity index is 2.38. The van der Waals surface area contributed by atoms with Gasteiger partial charge in [0.2, 0.25) is 0 Å². The summed E-state index contributed by atoms with van der Waals surface area (Å²) in [7, 11) is -1.15. The van der Waals surface area contributed by atoms with E-state index in [0.29, 0.717) is 0 Å². The molecule has 0 atom stereocenters. The summed E-state index contributed by atoms with van der Waals surface area (Å²) in [6.07, 6.45) is 2.16. The van der Waals surface area contributed by atoms with Crippen molar-refractivity contribution in [1.29, 1.82) is 0 Å². The molecule has 0 amide bonds. The molecule has 0 saturated heterocycles. The van der Waals surface area contributed by atoms with Crippen LogP contribution in [0.1, 0.15) is 88.8 Å². The van der Waals surface area contributed by atoms with Crippen LogP contribution in [0.5, 0.6) is 0 Å². The lowest BCUT2D eigenvalue weighted by Crippen LogP contribution is -2.53. The van der Waals surface area contributed by atoms with Gasteiger partial charge in [0.05, 0.1) is 0 Å². The zero-order valence-corrected chi connectivity index (χ0v) is 23.6. The summed E-state index contributed by atoms with van der Waals surface area (Å²) in [4.78, 5) is 0. The van der Waals surface area contributed by atoms with Gasteiger partial charge in [0, 0.05) is 0 Å². The second-order valence-electron chi connectivity index (χ2n) is 11.8. The summed E-state index contributed by atoms with van der Waals surface area (Å²) in [5.74, 6) is 0. The maximum Gasteiger partial charge on any atom is 0.154 e. The van der Waals surface area contributed by atoms with Crippen LogP contribution in [0.3, 0.4) is 0 Å². The van der Waals surface area contributed by atoms with Crippen LogP contribution in [0.4, 0.5) is 0 Å². The largest absolute Gasteiger partial charge is 0.154 e. The van der Waals surface area contributed by atoms with Gasteiger partial charge in [-0.25, -0.2) is 0 Å². The van der Waals surface area contributed by atoms with Crippen molar-refractivity contribution in [2.24, 2.45) is 0 Å². The second-order valence-corrected chi connectivity index (χ2v) is 14.3. The fourth-order valence-electron chi connectivity index (χ4n) is 4.57. The molecule has 1 radical (unpaired) electrons. The monoisotopic (exact) mass is 455 g/mol. The molecule has 175 valence electrons. The normalized spacial score (nSPS) is 12.5. The number of hydrogen-bond donors (Lipinski definition) is 0. The number of benzene rings is 3. The Morgan fingerprint density at radius 2 is 0.909 bits per heavy atom. The highest BCUT2D eigenvalue weighted by atomic mass is 28.3. The fraction of sp³-hybridized carbons (Fsp3) is 0.438. The van der Waals surface area contributed by atoms with E-state index in [1.165, 1.54) is 48.9 Å². The molecule has 0 fully saturated rings. The van der Waals surface area contributed by atoms with Gasteiger partial charge in [-0.15, -0.1) is 0 Å². The van der Waals surface area contributed by atoms with E-state index >= 15 is 0 Å². The molecule has 1 heteroatoms. The van der Waals surface area contributed by atoms with Crippen molar-refractivity contribution < 1.29 is 0 Å². The summed E-state index contributed by atoms with van der Waals surface area (Å²) >= 11 is 0. The van der Waals surface area contributed by atoms with Crippen LogP contribution in [-0.4, -0.2) is 8.80 Å². The maximum atomic E-state index is 2.52. The lowest BCUT2D eigenvalue weighted by Gasteiger charge is -2.28. The molecule has 33 heavy (non-hydrogen) atoms. The standard InChI is InChI=1S/C32H43Si/c1-11-24-16-25(12-2)18-29(17-24)33(28-14-22(3)13-23(4)15-28)30-20-26(31(5,6)7)19-27(21-30)32(8,9)10/h13-21H,11-12H2,1-10H3. The first kappa shape index (κ1) is 25.5. The summed E-state index contributed by atoms with van der Waals surface area (Å²) in [6, 6.07) is 22.0. The highest BCUT2D eigenvalue weighted by Crippen LogP contribution is 2.28. The Labute approximate surface area is 205 Å². The van der Waals surface area contributed by atoms with Crippen LogP contribution in [0.15, 0.2) is 54.6 Å². The quantitative estimate of drug-likeness (QED) is 0.303. The molecule has 0 aliphatic heterocycles. The smallest absolute Gasteiger partial charge is 0.0613 e. The molecule has 3 aromatic carbocycles. The van der Waals surface area contributed by atoms with Gasteiger partial charge in [-0.1, -0.05) is 137 Å². The molecule has 0 unspecified atom stereocenters. The Morgan fingerprint density at radius 3 is 1.30 bits per heavy atom. The van der Waals surface area contributed by atoms with Crippen molar-refractivity contribution in [2.75, 3.05) is 0 Å². The predicted octanol–water partition coefficient (Wildman–Crippen LogP) is 6.54. The lowest BCUT2D eigenvalue weighted by atomic mass is 9.81. The first-order chi connectivity index (χ1) is 15.3. The van der Waals surface area contributed by atoms with Gasteiger partial charge in [-0.2, -0.15) is 0 Å². The van der Waals surface area contributed by atoms with E-state index in [4.69, 9.17) is 0 Å². The van der Waals surface area contributed by atoms with Gasteiger partial charge in [-0.05, 0) is 59.8 Å². The van der Waals surface area contributed by atoms with Crippen molar-refractivity contribution in [3.8, 4) is 0 Å². The number of hydrogen-bond acceptors (Lipinski definition) is 0. The van der Waals surface area contributed by atoms with Crippen molar-refractivity contribution in [2.45, 2.75) is 92.9 Å². The summed E-state index contributed by atoms with van der Waals surface area (Å²) in [5, 5.41) is 4.53. The van der Waals surface area contributed by atoms with E-state index in [1.54, 1.807) is 0 Å². The van der Waals surface area contributed by atoms with Crippen molar-refractivity contribution in [1.82, 2.24) is 0 Å². The Bertz CT molecular complexity index is 1050. The summed E-state index contributed by atoms with van der Waals surface area (Å²) < 4.78 is 0. The highest BCUT2D eigenvalue weighted by Gasteiger charge is 2.26. The zero-order valence-electron chi connectivity index (χ0n) is 22.6. The highest BCUT2D eigenvalue weighted by molar-refractivity contribution is 6.95. The lowest BCUT2D eigenvalue weighted by molar-refractivity contribution is 0.569. The van der Waals surface area contributed by atoms with Gasteiger partial charge in [0.15, 0.2) is 8.80 Å². The third-order valence-corrected chi connectivity index (χ3v) is 9.22. The van der Waals surface area contributed by atoms with Gasteiger partial charge >= 0.3 is 0 Å². The van der Waals surface area contributed by atoms with Gasteiger partial charge in [0.1, 0.15) is 0 Å². The average Bonchev–Trinajstić information content (AvgIpc) is 2.71. The Morgan fingerprint density at radius 1 is 0.515 bits per heavy atom. The van der Waals surface area contributed by atoms with Crippen LogP contribution in [-0.2, 0) is 23.7 Å². The molecular weight excluding hydrogens is 412 g/mol. The van der Waals surface area contributed by atoms with Crippen LogP contribution in [0, 0.1) is 13.8 Å². The molecule has 0 nitrogen and oxygen atoms in total. The van der Waals surface area contributed by atoms with E-state index in [-0.39, 0.29) is 10.8 Å². The third-order valence-electron chi connectivity index (χ3n) is 6.62. The average molecular weight is 456 g/mol. The molecule has 0 aromatic heterocycles. The van der Waals surface area contributed by atoms with E-state index in [2.05, 4.69) is 124 Å². The number of aryl methyl sites for hydroxylation is 4. The molecular formula is C32H43Si. The maximum absolute atomic E-state index is 2.52. The van der Waals surface area contributed by atoms with E-state index < -0.39 is 8.80 Å². The topological polar surface area (TPSA) is 0 Å². The third kappa shape index (κ3) is 6.06. The molecule has 3 rings (SSSR count).